The Morgan fingerprint density at radius 1 is 1.36 bits per heavy atom. The smallest absolute Gasteiger partial charge is 0.254 e. The Morgan fingerprint density at radius 2 is 2.12 bits per heavy atom. The van der Waals surface area contributed by atoms with Gasteiger partial charge in [0.1, 0.15) is 0 Å². The lowest BCUT2D eigenvalue weighted by molar-refractivity contribution is 0.0447. The summed E-state index contributed by atoms with van der Waals surface area (Å²) in [6.45, 7) is 9.65. The van der Waals surface area contributed by atoms with Crippen molar-refractivity contribution in [3.05, 3.63) is 34.9 Å². The van der Waals surface area contributed by atoms with Gasteiger partial charge in [-0.15, -0.1) is 0 Å². The highest BCUT2D eigenvalue weighted by Gasteiger charge is 2.30. The molecule has 4 nitrogen and oxygen atoms in total. The van der Waals surface area contributed by atoms with E-state index in [9.17, 15) is 4.79 Å². The number of thiol groups is 1. The van der Waals surface area contributed by atoms with Gasteiger partial charge in [-0.1, -0.05) is 31.9 Å². The Kier molecular flexibility index (Phi) is 7.79. The van der Waals surface area contributed by atoms with Gasteiger partial charge in [0.05, 0.1) is 0 Å². The summed E-state index contributed by atoms with van der Waals surface area (Å²) in [6, 6.07) is 6.48. The molecule has 1 heterocycles. The van der Waals surface area contributed by atoms with Crippen molar-refractivity contribution in [3.8, 4) is 0 Å². The zero-order valence-electron chi connectivity index (χ0n) is 15.9. The molecule has 0 aliphatic carbocycles. The largest absolute Gasteiger partial charge is 0.336 e. The van der Waals surface area contributed by atoms with Crippen LogP contribution >= 0.6 is 12.6 Å². The van der Waals surface area contributed by atoms with Crippen LogP contribution in [0.5, 0.6) is 0 Å². The number of piperazine rings is 1. The molecule has 1 aromatic rings. The van der Waals surface area contributed by atoms with Gasteiger partial charge >= 0.3 is 0 Å². The average Bonchev–Trinajstić information content (AvgIpc) is 2.62. The fourth-order valence-corrected chi connectivity index (χ4v) is 3.66. The number of carbonyl (C=O) groups excluding carboxylic acids is 1. The van der Waals surface area contributed by atoms with Gasteiger partial charge in [0.15, 0.2) is 0 Å². The first-order chi connectivity index (χ1) is 12.0. The van der Waals surface area contributed by atoms with E-state index in [-0.39, 0.29) is 11.9 Å². The molecule has 1 aromatic carbocycles. The van der Waals surface area contributed by atoms with Crippen molar-refractivity contribution in [2.75, 3.05) is 31.9 Å². The highest BCUT2D eigenvalue weighted by atomic mass is 32.1. The molecule has 0 bridgehead atoms. The number of carbonyl (C=O) groups is 1. The van der Waals surface area contributed by atoms with E-state index in [0.717, 1.165) is 43.7 Å². The third-order valence-electron chi connectivity index (χ3n) is 5.32. The van der Waals surface area contributed by atoms with Crippen LogP contribution < -0.4 is 5.73 Å². The predicted molar refractivity (Wildman–Crippen MR) is 109 cm³/mol. The molecule has 2 rings (SSSR count). The van der Waals surface area contributed by atoms with E-state index in [4.69, 9.17) is 5.73 Å². The second-order valence-electron chi connectivity index (χ2n) is 7.23. The minimum atomic E-state index is 0.0914. The number of amides is 1. The van der Waals surface area contributed by atoms with Gasteiger partial charge < -0.3 is 10.6 Å². The lowest BCUT2D eigenvalue weighted by Crippen LogP contribution is -2.57. The molecule has 2 atom stereocenters. The molecule has 0 aromatic heterocycles. The summed E-state index contributed by atoms with van der Waals surface area (Å²) >= 11 is 4.32. The van der Waals surface area contributed by atoms with Crippen molar-refractivity contribution < 1.29 is 4.79 Å². The minimum Gasteiger partial charge on any atom is -0.336 e. The van der Waals surface area contributed by atoms with Crippen molar-refractivity contribution in [3.63, 3.8) is 0 Å². The molecule has 0 radical (unpaired) electrons. The Hall–Kier alpha value is -1.04. The molecular weight excluding hydrogens is 330 g/mol. The number of nitrogens with two attached hydrogens (primary N) is 1. The summed E-state index contributed by atoms with van der Waals surface area (Å²) in [5.41, 5.74) is 9.23. The van der Waals surface area contributed by atoms with Crippen LogP contribution in [0.15, 0.2) is 18.2 Å². The summed E-state index contributed by atoms with van der Waals surface area (Å²) in [7, 11) is 0. The van der Waals surface area contributed by atoms with Crippen LogP contribution in [0.3, 0.4) is 0 Å². The van der Waals surface area contributed by atoms with Crippen molar-refractivity contribution in [2.45, 2.75) is 52.1 Å². The molecule has 5 heteroatoms. The SMILES string of the molecule is CCCC[C@@H]1CN(C(=O)c2cccc(C)c2C)CCN1CC(N)CS. The molecule has 25 heavy (non-hydrogen) atoms. The Bertz CT molecular complexity index is 578. The molecule has 0 saturated carbocycles. The van der Waals surface area contributed by atoms with Gasteiger partial charge in [-0.25, -0.2) is 0 Å². The first kappa shape index (κ1) is 20.3. The molecule has 1 unspecified atom stereocenters. The van der Waals surface area contributed by atoms with Crippen molar-refractivity contribution in [1.82, 2.24) is 9.80 Å². The zero-order valence-corrected chi connectivity index (χ0v) is 16.8. The van der Waals surface area contributed by atoms with Gasteiger partial charge in [0.25, 0.3) is 5.91 Å². The average molecular weight is 364 g/mol. The number of aryl methyl sites for hydroxylation is 1. The third-order valence-corrected chi connectivity index (χ3v) is 5.79. The van der Waals surface area contributed by atoms with E-state index in [0.29, 0.717) is 11.8 Å². The standard InChI is InChI=1S/C20H33N3OS/c1-4-5-8-18-13-23(11-10-22(18)12-17(21)14-25)20(24)19-9-6-7-15(2)16(19)3/h6-7,9,17-18,25H,4-5,8,10-14,21H2,1-3H3/t17?,18-/m1/s1. The summed E-state index contributed by atoms with van der Waals surface area (Å²) < 4.78 is 0. The lowest BCUT2D eigenvalue weighted by atomic mass is 10.00. The maximum Gasteiger partial charge on any atom is 0.254 e. The van der Waals surface area contributed by atoms with Gasteiger partial charge in [0, 0.05) is 49.6 Å². The molecular formula is C20H33N3OS. The number of benzene rings is 1. The summed E-state index contributed by atoms with van der Waals surface area (Å²) in [5.74, 6) is 0.864. The normalized spacial score (nSPS) is 19.9. The van der Waals surface area contributed by atoms with E-state index in [1.807, 2.05) is 24.0 Å². The fourth-order valence-electron chi connectivity index (χ4n) is 3.54. The van der Waals surface area contributed by atoms with E-state index in [2.05, 4.69) is 37.4 Å². The number of hydrogen-bond donors (Lipinski definition) is 2. The first-order valence-corrected chi connectivity index (χ1v) is 10.1. The number of unbranched alkanes of at least 4 members (excludes halogenated alkanes) is 1. The maximum absolute atomic E-state index is 13.0. The van der Waals surface area contributed by atoms with E-state index < -0.39 is 0 Å². The van der Waals surface area contributed by atoms with Crippen LogP contribution in [0, 0.1) is 13.8 Å². The molecule has 1 aliphatic heterocycles. The van der Waals surface area contributed by atoms with Crippen LogP contribution in [0.4, 0.5) is 0 Å². The molecule has 1 amide bonds. The Labute approximate surface area is 158 Å². The third kappa shape index (κ3) is 5.22. The molecule has 1 saturated heterocycles. The van der Waals surface area contributed by atoms with Gasteiger partial charge in [0.2, 0.25) is 0 Å². The van der Waals surface area contributed by atoms with Gasteiger partial charge in [-0.2, -0.15) is 12.6 Å². The van der Waals surface area contributed by atoms with Crippen LogP contribution in [0.25, 0.3) is 0 Å². The van der Waals surface area contributed by atoms with Crippen molar-refractivity contribution >= 4 is 18.5 Å². The fraction of sp³-hybridized carbons (Fsp3) is 0.650. The summed E-state index contributed by atoms with van der Waals surface area (Å²) in [4.78, 5) is 17.5. The number of nitrogens with zero attached hydrogens (tertiary/aromatic N) is 2. The zero-order chi connectivity index (χ0) is 18.4. The van der Waals surface area contributed by atoms with Gasteiger partial charge in [-0.05, 0) is 37.5 Å². The van der Waals surface area contributed by atoms with Crippen molar-refractivity contribution in [2.24, 2.45) is 5.73 Å². The molecule has 1 fully saturated rings. The second-order valence-corrected chi connectivity index (χ2v) is 7.60. The van der Waals surface area contributed by atoms with E-state index in [1.165, 1.54) is 18.4 Å². The number of rotatable bonds is 7. The minimum absolute atomic E-state index is 0.0914. The molecule has 1 aliphatic rings. The molecule has 140 valence electrons. The highest BCUT2D eigenvalue weighted by molar-refractivity contribution is 7.80. The van der Waals surface area contributed by atoms with E-state index in [1.54, 1.807) is 0 Å². The predicted octanol–water partition coefficient (Wildman–Crippen LogP) is 2.88. The van der Waals surface area contributed by atoms with Crippen molar-refractivity contribution in [1.29, 1.82) is 0 Å². The second kappa shape index (κ2) is 9.60. The Morgan fingerprint density at radius 3 is 2.80 bits per heavy atom. The van der Waals surface area contributed by atoms with Crippen LogP contribution in [0.2, 0.25) is 0 Å². The first-order valence-electron chi connectivity index (χ1n) is 9.43. The molecule has 0 spiro atoms. The highest BCUT2D eigenvalue weighted by Crippen LogP contribution is 2.20. The van der Waals surface area contributed by atoms with Gasteiger partial charge in [-0.3, -0.25) is 9.69 Å². The molecule has 2 N–H and O–H groups in total. The lowest BCUT2D eigenvalue weighted by Gasteiger charge is -2.42. The van der Waals surface area contributed by atoms with Crippen LogP contribution in [0.1, 0.15) is 47.7 Å². The monoisotopic (exact) mass is 363 g/mol. The Balaban J connectivity index is 2.10. The maximum atomic E-state index is 13.0. The van der Waals surface area contributed by atoms with Crippen LogP contribution in [-0.2, 0) is 0 Å². The quantitative estimate of drug-likeness (QED) is 0.733. The van der Waals surface area contributed by atoms with E-state index >= 15 is 0 Å². The summed E-state index contributed by atoms with van der Waals surface area (Å²) in [5, 5.41) is 0. The topological polar surface area (TPSA) is 49.6 Å². The summed E-state index contributed by atoms with van der Waals surface area (Å²) in [6.07, 6.45) is 3.48. The van der Waals surface area contributed by atoms with Crippen LogP contribution in [-0.4, -0.2) is 59.7 Å². The number of hydrogen-bond acceptors (Lipinski definition) is 4.